The molecule has 0 atom stereocenters. The number of methoxy groups -OCH3 is 2. The van der Waals surface area contributed by atoms with Crippen LogP contribution in [0.5, 0.6) is 11.5 Å². The van der Waals surface area contributed by atoms with Crippen molar-refractivity contribution in [3.8, 4) is 11.5 Å². The van der Waals surface area contributed by atoms with Crippen molar-refractivity contribution in [1.29, 1.82) is 0 Å². The van der Waals surface area contributed by atoms with Crippen molar-refractivity contribution in [2.45, 2.75) is 0 Å². The number of nitro groups is 1. The lowest BCUT2D eigenvalue weighted by Gasteiger charge is -2.27. The molecule has 27 heavy (non-hydrogen) atoms. The highest BCUT2D eigenvalue weighted by atomic mass is 16.6. The lowest BCUT2D eigenvalue weighted by atomic mass is 10.2. The van der Waals surface area contributed by atoms with Crippen molar-refractivity contribution in [2.75, 3.05) is 56.5 Å². The zero-order chi connectivity index (χ0) is 19.4. The Morgan fingerprint density at radius 1 is 1.26 bits per heavy atom. The maximum atomic E-state index is 11.5. The van der Waals surface area contributed by atoms with Gasteiger partial charge in [0.1, 0.15) is 11.5 Å². The Labute approximate surface area is 155 Å². The third kappa shape index (κ3) is 3.92. The van der Waals surface area contributed by atoms with Crippen LogP contribution in [0.25, 0.3) is 0 Å². The van der Waals surface area contributed by atoms with Crippen LogP contribution in [-0.2, 0) is 4.74 Å². The fourth-order valence-corrected chi connectivity index (χ4v) is 2.72. The Morgan fingerprint density at radius 2 is 2.00 bits per heavy atom. The molecule has 1 aromatic heterocycles. The number of hydrogen-bond donors (Lipinski definition) is 2. The van der Waals surface area contributed by atoms with Crippen LogP contribution in [0.15, 0.2) is 18.2 Å². The zero-order valence-electron chi connectivity index (χ0n) is 15.0. The number of morpholine rings is 1. The highest BCUT2D eigenvalue weighted by Crippen LogP contribution is 2.35. The average Bonchev–Trinajstić information content (AvgIpc) is 2.67. The summed E-state index contributed by atoms with van der Waals surface area (Å²) in [5.41, 5.74) is 6.08. The van der Waals surface area contributed by atoms with Gasteiger partial charge in [-0.15, -0.1) is 0 Å². The molecule has 1 aliphatic rings. The van der Waals surface area contributed by atoms with Crippen LogP contribution in [0.1, 0.15) is 0 Å². The summed E-state index contributed by atoms with van der Waals surface area (Å²) in [5, 5.41) is 14.5. The molecule has 3 rings (SSSR count). The van der Waals surface area contributed by atoms with Crippen molar-refractivity contribution in [2.24, 2.45) is 0 Å². The van der Waals surface area contributed by atoms with Gasteiger partial charge in [-0.2, -0.15) is 9.97 Å². The highest BCUT2D eigenvalue weighted by molar-refractivity contribution is 5.73. The molecule has 1 aromatic carbocycles. The molecule has 1 fully saturated rings. The molecule has 2 heterocycles. The van der Waals surface area contributed by atoms with Gasteiger partial charge in [-0.1, -0.05) is 0 Å². The molecular formula is C16H20N6O5. The summed E-state index contributed by atoms with van der Waals surface area (Å²) in [7, 11) is 3.07. The topological polar surface area (TPSA) is 138 Å². The van der Waals surface area contributed by atoms with Crippen molar-refractivity contribution >= 4 is 29.0 Å². The number of aromatic nitrogens is 2. The summed E-state index contributed by atoms with van der Waals surface area (Å²) in [6.45, 7) is 1.85. The van der Waals surface area contributed by atoms with Crippen molar-refractivity contribution in [3.63, 3.8) is 0 Å². The van der Waals surface area contributed by atoms with E-state index in [0.29, 0.717) is 43.5 Å². The summed E-state index contributed by atoms with van der Waals surface area (Å²) >= 11 is 0. The van der Waals surface area contributed by atoms with Gasteiger partial charge in [-0.25, -0.2) is 0 Å². The second-order valence-electron chi connectivity index (χ2n) is 5.65. The average molecular weight is 376 g/mol. The maximum absolute atomic E-state index is 11.5. The van der Waals surface area contributed by atoms with E-state index < -0.39 is 4.92 Å². The van der Waals surface area contributed by atoms with Crippen LogP contribution in [0, 0.1) is 10.1 Å². The van der Waals surface area contributed by atoms with Crippen LogP contribution in [0.2, 0.25) is 0 Å². The van der Waals surface area contributed by atoms with E-state index in [1.165, 1.54) is 7.11 Å². The Balaban J connectivity index is 2.01. The van der Waals surface area contributed by atoms with Gasteiger partial charge in [0.05, 0.1) is 38.0 Å². The van der Waals surface area contributed by atoms with Gasteiger partial charge < -0.3 is 30.2 Å². The number of rotatable bonds is 6. The predicted octanol–water partition coefficient (Wildman–Crippen LogP) is 1.56. The smallest absolute Gasteiger partial charge is 0.353 e. The fraction of sp³-hybridized carbons (Fsp3) is 0.375. The second-order valence-corrected chi connectivity index (χ2v) is 5.65. The molecule has 144 valence electrons. The molecule has 0 spiro atoms. The van der Waals surface area contributed by atoms with Crippen LogP contribution >= 0.6 is 0 Å². The third-order valence-corrected chi connectivity index (χ3v) is 4.04. The minimum atomic E-state index is -0.573. The number of nitrogen functional groups attached to an aromatic ring is 1. The number of nitrogens with zero attached hydrogens (tertiary/aromatic N) is 4. The van der Waals surface area contributed by atoms with Crippen molar-refractivity contribution in [1.82, 2.24) is 9.97 Å². The van der Waals surface area contributed by atoms with E-state index >= 15 is 0 Å². The number of nitrogens with one attached hydrogen (secondary N) is 1. The fourth-order valence-electron chi connectivity index (χ4n) is 2.72. The summed E-state index contributed by atoms with van der Waals surface area (Å²) in [4.78, 5) is 21.0. The standard InChI is InChI=1S/C16H20N6O5/c1-25-10-3-4-12(26-2)11(9-10)18-16-19-14(17)13(22(23)24)15(20-16)21-5-7-27-8-6-21/h3-4,9H,5-8H2,1-2H3,(H3,17,18,19,20). The molecular weight excluding hydrogens is 356 g/mol. The monoisotopic (exact) mass is 376 g/mol. The van der Waals surface area contributed by atoms with Gasteiger partial charge in [0, 0.05) is 19.2 Å². The maximum Gasteiger partial charge on any atom is 0.353 e. The molecule has 0 aliphatic carbocycles. The molecule has 0 bridgehead atoms. The first-order chi connectivity index (χ1) is 13.0. The van der Waals surface area contributed by atoms with Gasteiger partial charge in [0.2, 0.25) is 17.6 Å². The van der Waals surface area contributed by atoms with E-state index in [2.05, 4.69) is 15.3 Å². The van der Waals surface area contributed by atoms with E-state index in [-0.39, 0.29) is 23.3 Å². The van der Waals surface area contributed by atoms with Gasteiger partial charge in [0.15, 0.2) is 0 Å². The Bertz CT molecular complexity index is 840. The molecule has 11 heteroatoms. The lowest BCUT2D eigenvalue weighted by molar-refractivity contribution is -0.383. The molecule has 1 aliphatic heterocycles. The number of ether oxygens (including phenoxy) is 3. The molecule has 11 nitrogen and oxygen atoms in total. The first-order valence-corrected chi connectivity index (χ1v) is 8.17. The molecule has 3 N–H and O–H groups in total. The van der Waals surface area contributed by atoms with Gasteiger partial charge in [0.25, 0.3) is 0 Å². The molecule has 0 amide bonds. The molecule has 0 saturated carbocycles. The van der Waals surface area contributed by atoms with E-state index in [1.54, 1.807) is 30.2 Å². The van der Waals surface area contributed by atoms with E-state index in [1.807, 2.05) is 0 Å². The first kappa shape index (κ1) is 18.5. The first-order valence-electron chi connectivity index (χ1n) is 8.17. The molecule has 1 saturated heterocycles. The normalized spacial score (nSPS) is 13.9. The minimum Gasteiger partial charge on any atom is -0.497 e. The van der Waals surface area contributed by atoms with Crippen molar-refractivity contribution < 1.29 is 19.1 Å². The highest BCUT2D eigenvalue weighted by Gasteiger charge is 2.28. The quantitative estimate of drug-likeness (QED) is 0.564. The predicted molar refractivity (Wildman–Crippen MR) is 99.0 cm³/mol. The molecule has 0 radical (unpaired) electrons. The Hall–Kier alpha value is -3.34. The van der Waals surface area contributed by atoms with Gasteiger partial charge >= 0.3 is 5.69 Å². The summed E-state index contributed by atoms with van der Waals surface area (Å²) in [6, 6.07) is 5.17. The Kier molecular flexibility index (Phi) is 5.41. The second kappa shape index (κ2) is 7.91. The summed E-state index contributed by atoms with van der Waals surface area (Å²) < 4.78 is 15.8. The molecule has 2 aromatic rings. The minimum absolute atomic E-state index is 0.117. The SMILES string of the molecule is COc1ccc(OC)c(Nc2nc(N)c([N+](=O)[O-])c(N3CCOCC3)n2)c1. The third-order valence-electron chi connectivity index (χ3n) is 4.04. The van der Waals surface area contributed by atoms with E-state index in [9.17, 15) is 10.1 Å². The number of nitrogens with two attached hydrogens (primary N) is 1. The lowest BCUT2D eigenvalue weighted by Crippen LogP contribution is -2.37. The van der Waals surface area contributed by atoms with Gasteiger partial charge in [-0.3, -0.25) is 10.1 Å². The summed E-state index contributed by atoms with van der Waals surface area (Å²) in [5.74, 6) is 1.18. The van der Waals surface area contributed by atoms with Crippen LogP contribution in [0.3, 0.4) is 0 Å². The van der Waals surface area contributed by atoms with Crippen LogP contribution < -0.4 is 25.4 Å². The number of benzene rings is 1. The van der Waals surface area contributed by atoms with E-state index in [0.717, 1.165) is 0 Å². The summed E-state index contributed by atoms with van der Waals surface area (Å²) in [6.07, 6.45) is 0. The molecule has 0 unspecified atom stereocenters. The van der Waals surface area contributed by atoms with E-state index in [4.69, 9.17) is 19.9 Å². The van der Waals surface area contributed by atoms with Gasteiger partial charge in [-0.05, 0) is 12.1 Å². The number of hydrogen-bond acceptors (Lipinski definition) is 10. The number of anilines is 4. The van der Waals surface area contributed by atoms with Crippen LogP contribution in [-0.4, -0.2) is 55.4 Å². The van der Waals surface area contributed by atoms with Crippen LogP contribution in [0.4, 0.5) is 29.0 Å². The zero-order valence-corrected chi connectivity index (χ0v) is 15.0. The Morgan fingerprint density at radius 3 is 2.63 bits per heavy atom. The van der Waals surface area contributed by atoms with Crippen molar-refractivity contribution in [3.05, 3.63) is 28.3 Å². The largest absolute Gasteiger partial charge is 0.497 e.